The Hall–Kier alpha value is -0.830. The fraction of sp³-hybridized carbons (Fsp3) is 0.333. The minimum atomic E-state index is -0.198. The Bertz CT molecular complexity index is 320. The third-order valence-electron chi connectivity index (χ3n) is 1.64. The fourth-order valence-electron chi connectivity index (χ4n) is 1.21. The van der Waals surface area contributed by atoms with Crippen LogP contribution in [0, 0.1) is 0 Å². The Kier molecular flexibility index (Phi) is 1.51. The number of fused-ring (bicyclic) bond motifs is 1. The van der Waals surface area contributed by atoms with Crippen molar-refractivity contribution in [3.63, 3.8) is 0 Å². The van der Waals surface area contributed by atoms with Gasteiger partial charge in [-0.05, 0) is 32.0 Å². The van der Waals surface area contributed by atoms with Crippen LogP contribution in [0.25, 0.3) is 0 Å². The zero-order valence-electron chi connectivity index (χ0n) is 7.00. The van der Waals surface area contributed by atoms with E-state index in [0.717, 1.165) is 10.6 Å². The maximum Gasteiger partial charge on any atom is 0.153 e. The molecule has 2 rings (SSSR count). The van der Waals surface area contributed by atoms with E-state index < -0.39 is 0 Å². The normalized spacial score (nSPS) is 18.5. The third-order valence-corrected chi connectivity index (χ3v) is 2.75. The molecular formula is C9H10O2S. The van der Waals surface area contributed by atoms with Gasteiger partial charge in [0.05, 0.1) is 4.90 Å². The first-order chi connectivity index (χ1) is 5.57. The van der Waals surface area contributed by atoms with Gasteiger partial charge in [-0.15, -0.1) is 0 Å². The molecule has 0 bridgehead atoms. The molecule has 0 saturated heterocycles. The molecule has 3 heteroatoms. The van der Waals surface area contributed by atoms with Gasteiger partial charge in [0.1, 0.15) is 11.5 Å². The van der Waals surface area contributed by atoms with Crippen LogP contribution in [-0.4, -0.2) is 10.0 Å². The lowest BCUT2D eigenvalue weighted by Gasteiger charge is -2.15. The van der Waals surface area contributed by atoms with Crippen LogP contribution in [0.5, 0.6) is 11.5 Å². The second-order valence-electron chi connectivity index (χ2n) is 3.23. The van der Waals surface area contributed by atoms with Gasteiger partial charge in [0.15, 0.2) is 4.93 Å². The summed E-state index contributed by atoms with van der Waals surface area (Å²) in [7, 11) is 0. The number of phenolic OH excluding ortho intramolecular Hbond substituents is 1. The molecule has 0 saturated carbocycles. The highest BCUT2D eigenvalue weighted by atomic mass is 32.2. The zero-order valence-corrected chi connectivity index (χ0v) is 7.81. The molecule has 1 aromatic rings. The fourth-order valence-corrected chi connectivity index (χ4v) is 2.26. The lowest BCUT2D eigenvalue weighted by atomic mass is 10.3. The number of thioether (sulfide) groups is 1. The highest BCUT2D eigenvalue weighted by Crippen LogP contribution is 2.47. The van der Waals surface area contributed by atoms with Gasteiger partial charge in [0.2, 0.25) is 0 Å². The van der Waals surface area contributed by atoms with Crippen LogP contribution in [0.15, 0.2) is 23.1 Å². The molecule has 1 heterocycles. The van der Waals surface area contributed by atoms with Crippen molar-refractivity contribution >= 4 is 11.8 Å². The topological polar surface area (TPSA) is 29.5 Å². The number of hydrogen-bond donors (Lipinski definition) is 1. The van der Waals surface area contributed by atoms with E-state index in [4.69, 9.17) is 4.74 Å². The number of phenols is 1. The van der Waals surface area contributed by atoms with Crippen molar-refractivity contribution in [2.45, 2.75) is 23.7 Å². The van der Waals surface area contributed by atoms with Crippen LogP contribution in [0.4, 0.5) is 0 Å². The molecule has 64 valence electrons. The molecule has 0 fully saturated rings. The Balaban J connectivity index is 2.43. The summed E-state index contributed by atoms with van der Waals surface area (Å²) in [5, 5.41) is 9.20. The predicted octanol–water partition coefficient (Wildman–Crippen LogP) is 2.61. The first kappa shape index (κ1) is 7.80. The number of benzene rings is 1. The molecule has 0 amide bonds. The molecule has 1 aliphatic heterocycles. The standard InChI is InChI=1S/C9H10O2S/c1-9(2)11-7-4-3-6(10)5-8(7)12-9/h3-5,10H,1-2H3. The van der Waals surface area contributed by atoms with Gasteiger partial charge in [0, 0.05) is 0 Å². The lowest BCUT2D eigenvalue weighted by molar-refractivity contribution is 0.214. The highest BCUT2D eigenvalue weighted by molar-refractivity contribution is 8.00. The van der Waals surface area contributed by atoms with E-state index in [1.54, 1.807) is 30.0 Å². The largest absolute Gasteiger partial charge is 0.508 e. The summed E-state index contributed by atoms with van der Waals surface area (Å²) in [6.45, 7) is 4.02. The molecule has 0 unspecified atom stereocenters. The number of ether oxygens (including phenoxy) is 1. The minimum absolute atomic E-state index is 0.198. The quantitative estimate of drug-likeness (QED) is 0.668. The molecule has 0 atom stereocenters. The van der Waals surface area contributed by atoms with E-state index in [1.807, 2.05) is 13.8 Å². The van der Waals surface area contributed by atoms with Crippen molar-refractivity contribution in [3.05, 3.63) is 18.2 Å². The Labute approximate surface area is 75.6 Å². The maximum atomic E-state index is 9.20. The van der Waals surface area contributed by atoms with Gasteiger partial charge in [-0.25, -0.2) is 0 Å². The van der Waals surface area contributed by atoms with Crippen molar-refractivity contribution in [2.24, 2.45) is 0 Å². The monoisotopic (exact) mass is 182 g/mol. The first-order valence-corrected chi connectivity index (χ1v) is 4.59. The van der Waals surface area contributed by atoms with Gasteiger partial charge < -0.3 is 9.84 Å². The molecule has 1 aliphatic rings. The smallest absolute Gasteiger partial charge is 0.153 e. The Morgan fingerprint density at radius 2 is 2.17 bits per heavy atom. The van der Waals surface area contributed by atoms with E-state index in [0.29, 0.717) is 5.75 Å². The van der Waals surface area contributed by atoms with Crippen molar-refractivity contribution in [1.29, 1.82) is 0 Å². The van der Waals surface area contributed by atoms with Crippen molar-refractivity contribution in [2.75, 3.05) is 0 Å². The average molecular weight is 182 g/mol. The average Bonchev–Trinajstić information content (AvgIpc) is 2.21. The second-order valence-corrected chi connectivity index (χ2v) is 4.86. The summed E-state index contributed by atoms with van der Waals surface area (Å²) in [4.78, 5) is 0.816. The van der Waals surface area contributed by atoms with Crippen LogP contribution in [-0.2, 0) is 0 Å². The maximum absolute atomic E-state index is 9.20. The van der Waals surface area contributed by atoms with E-state index in [2.05, 4.69) is 0 Å². The summed E-state index contributed by atoms with van der Waals surface area (Å²) in [5.74, 6) is 1.16. The molecule has 0 aromatic heterocycles. The van der Waals surface area contributed by atoms with Crippen LogP contribution in [0.3, 0.4) is 0 Å². The summed E-state index contributed by atoms with van der Waals surface area (Å²) in [6, 6.07) is 5.17. The predicted molar refractivity (Wildman–Crippen MR) is 48.7 cm³/mol. The molecule has 1 aromatic carbocycles. The SMILES string of the molecule is CC1(C)Oc2ccc(O)cc2S1. The Morgan fingerprint density at radius 1 is 1.42 bits per heavy atom. The summed E-state index contributed by atoms with van der Waals surface area (Å²) < 4.78 is 5.60. The van der Waals surface area contributed by atoms with E-state index in [9.17, 15) is 5.11 Å². The number of hydrogen-bond acceptors (Lipinski definition) is 3. The van der Waals surface area contributed by atoms with Gasteiger partial charge in [-0.2, -0.15) is 0 Å². The second kappa shape index (κ2) is 2.33. The molecule has 0 spiro atoms. The number of rotatable bonds is 0. The van der Waals surface area contributed by atoms with Crippen molar-refractivity contribution in [1.82, 2.24) is 0 Å². The van der Waals surface area contributed by atoms with E-state index in [1.165, 1.54) is 0 Å². The van der Waals surface area contributed by atoms with Gasteiger partial charge in [0.25, 0.3) is 0 Å². The van der Waals surface area contributed by atoms with Gasteiger partial charge >= 0.3 is 0 Å². The third kappa shape index (κ3) is 1.25. The highest BCUT2D eigenvalue weighted by Gasteiger charge is 2.30. The molecular weight excluding hydrogens is 172 g/mol. The number of aromatic hydroxyl groups is 1. The van der Waals surface area contributed by atoms with Crippen molar-refractivity contribution in [3.8, 4) is 11.5 Å². The Morgan fingerprint density at radius 3 is 2.92 bits per heavy atom. The van der Waals surface area contributed by atoms with Crippen LogP contribution in [0.2, 0.25) is 0 Å². The summed E-state index contributed by atoms with van der Waals surface area (Å²) >= 11 is 1.63. The van der Waals surface area contributed by atoms with Crippen LogP contribution in [0.1, 0.15) is 13.8 Å². The first-order valence-electron chi connectivity index (χ1n) is 3.78. The van der Waals surface area contributed by atoms with E-state index >= 15 is 0 Å². The van der Waals surface area contributed by atoms with Gasteiger partial charge in [-0.1, -0.05) is 11.8 Å². The van der Waals surface area contributed by atoms with Crippen LogP contribution < -0.4 is 4.74 Å². The molecule has 2 nitrogen and oxygen atoms in total. The molecule has 0 aliphatic carbocycles. The van der Waals surface area contributed by atoms with Gasteiger partial charge in [-0.3, -0.25) is 0 Å². The zero-order chi connectivity index (χ0) is 8.77. The van der Waals surface area contributed by atoms with E-state index in [-0.39, 0.29) is 4.93 Å². The lowest BCUT2D eigenvalue weighted by Crippen LogP contribution is -2.17. The molecule has 1 N–H and O–H groups in total. The summed E-state index contributed by atoms with van der Waals surface area (Å²) in [5.41, 5.74) is 0. The molecule has 0 radical (unpaired) electrons. The van der Waals surface area contributed by atoms with Crippen LogP contribution >= 0.6 is 11.8 Å². The molecule has 12 heavy (non-hydrogen) atoms. The summed E-state index contributed by atoms with van der Waals surface area (Å²) in [6.07, 6.45) is 0. The minimum Gasteiger partial charge on any atom is -0.508 e. The van der Waals surface area contributed by atoms with Crippen molar-refractivity contribution < 1.29 is 9.84 Å².